The fraction of sp³-hybridized carbons (Fsp3) is 0.381. The molecule has 3 aromatic rings. The molecular weight excluding hydrogens is 436 g/mol. The first kappa shape index (κ1) is 22.8. The number of rotatable bonds is 7. The summed E-state index contributed by atoms with van der Waals surface area (Å²) >= 11 is 2.62. The van der Waals surface area contributed by atoms with Crippen LogP contribution >= 0.6 is 22.7 Å². The maximum atomic E-state index is 13.1. The fourth-order valence-electron chi connectivity index (χ4n) is 2.45. The average Bonchev–Trinajstić information content (AvgIpc) is 3.25. The van der Waals surface area contributed by atoms with Gasteiger partial charge < -0.3 is 15.3 Å². The van der Waals surface area contributed by atoms with Crippen molar-refractivity contribution < 1.29 is 19.2 Å². The van der Waals surface area contributed by atoms with Crippen molar-refractivity contribution >= 4 is 55.5 Å². The van der Waals surface area contributed by atoms with Crippen LogP contribution in [0.2, 0.25) is 0 Å². The van der Waals surface area contributed by atoms with Gasteiger partial charge in [-0.3, -0.25) is 4.79 Å². The number of para-hydroxylation sites is 1. The lowest BCUT2D eigenvalue weighted by Crippen LogP contribution is -2.40. The molecule has 0 aliphatic rings. The molecule has 0 radical (unpaired) electrons. The maximum Gasteiger partial charge on any atom is 0.353 e. The quantitative estimate of drug-likeness (QED) is 0.322. The molecule has 0 saturated heterocycles. The lowest BCUT2D eigenvalue weighted by atomic mass is 10.1. The highest BCUT2D eigenvalue weighted by Crippen LogP contribution is 2.23. The van der Waals surface area contributed by atoms with E-state index in [-0.39, 0.29) is 23.6 Å². The van der Waals surface area contributed by atoms with Gasteiger partial charge in [-0.15, -0.1) is 22.7 Å². The van der Waals surface area contributed by atoms with Gasteiger partial charge in [-0.1, -0.05) is 17.3 Å². The summed E-state index contributed by atoms with van der Waals surface area (Å²) in [4.78, 5) is 39.7. The number of fused-ring (bicyclic) bond motifs is 1. The molecule has 10 heteroatoms. The summed E-state index contributed by atoms with van der Waals surface area (Å²) in [5.41, 5.74) is 4.73. The first-order valence-electron chi connectivity index (χ1n) is 9.53. The average molecular weight is 461 g/mol. The lowest BCUT2D eigenvalue weighted by Gasteiger charge is -2.26. The van der Waals surface area contributed by atoms with Crippen molar-refractivity contribution in [2.45, 2.75) is 52.2 Å². The second-order valence-corrected chi connectivity index (χ2v) is 10.3. The molecule has 0 saturated carbocycles. The van der Waals surface area contributed by atoms with Crippen LogP contribution in [0.1, 0.15) is 45.3 Å². The molecule has 0 unspecified atom stereocenters. The number of aromatic nitrogens is 2. The number of hydrogen-bond acceptors (Lipinski definition) is 10. The Morgan fingerprint density at radius 3 is 2.45 bits per heavy atom. The number of hydrogen-bond donors (Lipinski definition) is 1. The van der Waals surface area contributed by atoms with Gasteiger partial charge >= 0.3 is 5.97 Å². The molecule has 0 fully saturated rings. The molecule has 0 amide bonds. The molecule has 31 heavy (non-hydrogen) atoms. The first-order chi connectivity index (χ1) is 14.4. The number of nitrogens with two attached hydrogens (primary N) is 1. The summed E-state index contributed by atoms with van der Waals surface area (Å²) in [6, 6.07) is 7.65. The van der Waals surface area contributed by atoms with Crippen molar-refractivity contribution in [2.24, 2.45) is 5.16 Å². The number of nitrogens with zero attached hydrogens (tertiary/aromatic N) is 3. The minimum Gasteiger partial charge on any atom is -0.457 e. The molecule has 0 aliphatic heterocycles. The molecular formula is C21H24N4O4S2. The molecule has 164 valence electrons. The number of thiazole rings is 2. The molecule has 3 rings (SSSR count). The van der Waals surface area contributed by atoms with Crippen molar-refractivity contribution in [3.05, 3.63) is 40.3 Å². The van der Waals surface area contributed by atoms with Gasteiger partial charge in [0.25, 0.3) is 0 Å². The number of ketones is 1. The minimum absolute atomic E-state index is 0.0197. The Balaban J connectivity index is 1.85. The van der Waals surface area contributed by atoms with Crippen molar-refractivity contribution in [1.29, 1.82) is 0 Å². The molecule has 0 atom stereocenters. The molecule has 0 bridgehead atoms. The van der Waals surface area contributed by atoms with Crippen molar-refractivity contribution in [1.82, 2.24) is 9.97 Å². The summed E-state index contributed by atoms with van der Waals surface area (Å²) in [6.07, 6.45) is 0.0197. The third kappa shape index (κ3) is 5.86. The highest BCUT2D eigenvalue weighted by atomic mass is 32.1. The van der Waals surface area contributed by atoms with Gasteiger partial charge in [0, 0.05) is 5.38 Å². The lowest BCUT2D eigenvalue weighted by molar-refractivity contribution is -0.179. The normalized spacial score (nSPS) is 12.7. The van der Waals surface area contributed by atoms with Crippen molar-refractivity contribution in [2.75, 3.05) is 5.73 Å². The van der Waals surface area contributed by atoms with E-state index in [2.05, 4.69) is 15.1 Å². The van der Waals surface area contributed by atoms with Crippen LogP contribution in [0.3, 0.4) is 0 Å². The smallest absolute Gasteiger partial charge is 0.353 e. The van der Waals surface area contributed by atoms with Crippen molar-refractivity contribution in [3.63, 3.8) is 0 Å². The predicted molar refractivity (Wildman–Crippen MR) is 122 cm³/mol. The van der Waals surface area contributed by atoms with Gasteiger partial charge in [0.05, 0.1) is 16.6 Å². The Kier molecular flexibility index (Phi) is 6.42. The molecule has 8 nitrogen and oxygen atoms in total. The van der Waals surface area contributed by atoms with Gasteiger partial charge in [-0.2, -0.15) is 0 Å². The van der Waals surface area contributed by atoms with E-state index in [0.29, 0.717) is 10.1 Å². The van der Waals surface area contributed by atoms with Gasteiger partial charge in [-0.25, -0.2) is 14.8 Å². The Labute approximate surface area is 188 Å². The maximum absolute atomic E-state index is 13.1. The van der Waals surface area contributed by atoms with Crippen molar-refractivity contribution in [3.8, 4) is 0 Å². The van der Waals surface area contributed by atoms with E-state index >= 15 is 0 Å². The second kappa shape index (κ2) is 8.72. The Bertz CT molecular complexity index is 1110. The number of carbonyl (C=O) groups excluding carboxylic acids is 2. The minimum atomic E-state index is -1.41. The largest absolute Gasteiger partial charge is 0.457 e. The molecule has 1 aromatic carbocycles. The number of oxime groups is 1. The zero-order valence-electron chi connectivity index (χ0n) is 18.0. The van der Waals surface area contributed by atoms with E-state index in [4.69, 9.17) is 15.3 Å². The molecule has 2 heterocycles. The summed E-state index contributed by atoms with van der Waals surface area (Å²) in [5.74, 6) is -0.941. The number of Topliss-reactive ketones (excluding diaryl/α,β-unsaturated/α-hetero) is 1. The standard InChI is InChI=1S/C21H24N4O4S2/c1-20(2,3)28-18(27)21(4,5)29-25-17(13-11-30-19(22)24-13)14(26)10-16-23-12-8-6-7-9-15(12)31-16/h6-9,11H,10H2,1-5H3,(H2,22,24)/b25-17-. The van der Waals surface area contributed by atoms with E-state index in [9.17, 15) is 9.59 Å². The van der Waals surface area contributed by atoms with Crippen LogP contribution in [0.5, 0.6) is 0 Å². The fourth-order valence-corrected chi connectivity index (χ4v) is 3.97. The second-order valence-electron chi connectivity index (χ2n) is 8.29. The van der Waals surface area contributed by atoms with E-state index in [1.54, 1.807) is 26.2 Å². The number of ether oxygens (including phenoxy) is 1. The van der Waals surface area contributed by atoms with Crippen LogP contribution in [0, 0.1) is 0 Å². The highest BCUT2D eigenvalue weighted by molar-refractivity contribution is 7.18. The van der Waals surface area contributed by atoms with E-state index in [1.807, 2.05) is 24.3 Å². The van der Waals surface area contributed by atoms with Gasteiger partial charge in [0.1, 0.15) is 16.3 Å². The predicted octanol–water partition coefficient (Wildman–Crippen LogP) is 3.99. The topological polar surface area (TPSA) is 117 Å². The zero-order chi connectivity index (χ0) is 22.8. The number of nitrogen functional groups attached to an aromatic ring is 1. The summed E-state index contributed by atoms with van der Waals surface area (Å²) < 4.78 is 6.36. The van der Waals surface area contributed by atoms with E-state index in [1.165, 1.54) is 36.5 Å². The van der Waals surface area contributed by atoms with Crippen LogP contribution in [0.4, 0.5) is 5.13 Å². The van der Waals surface area contributed by atoms with Gasteiger partial charge in [0.2, 0.25) is 5.60 Å². The number of benzene rings is 1. The highest BCUT2D eigenvalue weighted by Gasteiger charge is 2.36. The molecule has 2 N–H and O–H groups in total. The Morgan fingerprint density at radius 1 is 1.13 bits per heavy atom. The summed E-state index contributed by atoms with van der Waals surface area (Å²) in [6.45, 7) is 8.32. The van der Waals surface area contributed by atoms with Crippen LogP contribution in [0.15, 0.2) is 34.8 Å². The van der Waals surface area contributed by atoms with Crippen LogP contribution < -0.4 is 5.73 Å². The van der Waals surface area contributed by atoms with E-state index < -0.39 is 17.2 Å². The molecule has 0 aliphatic carbocycles. The third-order valence-electron chi connectivity index (χ3n) is 3.93. The summed E-state index contributed by atoms with van der Waals surface area (Å²) in [5, 5.41) is 6.57. The zero-order valence-corrected chi connectivity index (χ0v) is 19.6. The number of anilines is 1. The Hall–Kier alpha value is -2.85. The van der Waals surface area contributed by atoms with Crippen LogP contribution in [0.25, 0.3) is 10.2 Å². The van der Waals surface area contributed by atoms with Gasteiger partial charge in [0.15, 0.2) is 16.6 Å². The van der Waals surface area contributed by atoms with Crippen LogP contribution in [-0.4, -0.2) is 38.6 Å². The number of esters is 1. The van der Waals surface area contributed by atoms with Gasteiger partial charge in [-0.05, 0) is 46.8 Å². The molecule has 0 spiro atoms. The Morgan fingerprint density at radius 2 is 1.84 bits per heavy atom. The van der Waals surface area contributed by atoms with Crippen LogP contribution in [-0.2, 0) is 25.6 Å². The molecule has 2 aromatic heterocycles. The SMILES string of the molecule is CC(C)(C)OC(=O)C(C)(C)O/N=C(\C(=O)Cc1nc2ccccc2s1)c1csc(N)n1. The summed E-state index contributed by atoms with van der Waals surface area (Å²) in [7, 11) is 0. The third-order valence-corrected chi connectivity index (χ3v) is 5.64. The monoisotopic (exact) mass is 460 g/mol. The first-order valence-corrected chi connectivity index (χ1v) is 11.2. The van der Waals surface area contributed by atoms with E-state index in [0.717, 1.165) is 10.2 Å². The number of carbonyl (C=O) groups is 2.